The first-order valence-corrected chi connectivity index (χ1v) is 6.49. The Labute approximate surface area is 127 Å². The van der Waals surface area contributed by atoms with Crippen LogP contribution in [0.25, 0.3) is 0 Å². The van der Waals surface area contributed by atoms with Crippen molar-refractivity contribution in [2.45, 2.75) is 20.0 Å². The summed E-state index contributed by atoms with van der Waals surface area (Å²) in [5, 5.41) is 2.52. The van der Waals surface area contributed by atoms with E-state index in [9.17, 15) is 14.0 Å². The van der Waals surface area contributed by atoms with Crippen molar-refractivity contribution in [2.75, 3.05) is 19.5 Å². The van der Waals surface area contributed by atoms with Crippen LogP contribution in [0, 0.1) is 5.82 Å². The smallest absolute Gasteiger partial charge is 0.354 e. The van der Waals surface area contributed by atoms with Crippen LogP contribution >= 0.6 is 0 Å². The zero-order valence-corrected chi connectivity index (χ0v) is 12.8. The number of rotatable bonds is 6. The Balaban J connectivity index is 3.20. The number of anilines is 1. The number of hydrogen-bond acceptors (Lipinski definition) is 6. The number of esters is 2. The third kappa shape index (κ3) is 4.76. The topological polar surface area (TPSA) is 73.9 Å². The van der Waals surface area contributed by atoms with E-state index >= 15 is 0 Å². The number of methoxy groups -OCH3 is 2. The quantitative estimate of drug-likeness (QED) is 0.641. The fourth-order valence-corrected chi connectivity index (χ4v) is 1.55. The zero-order valence-electron chi connectivity index (χ0n) is 12.8. The van der Waals surface area contributed by atoms with Gasteiger partial charge in [0.15, 0.2) is 0 Å². The van der Waals surface area contributed by atoms with Crippen LogP contribution in [-0.2, 0) is 19.1 Å². The van der Waals surface area contributed by atoms with Crippen LogP contribution in [0.1, 0.15) is 13.8 Å². The van der Waals surface area contributed by atoms with Gasteiger partial charge >= 0.3 is 11.9 Å². The molecule has 0 heterocycles. The van der Waals surface area contributed by atoms with Crippen molar-refractivity contribution in [3.8, 4) is 5.75 Å². The Bertz CT molecular complexity index is 583. The second kappa shape index (κ2) is 8.02. The molecule has 0 radical (unpaired) electrons. The van der Waals surface area contributed by atoms with Gasteiger partial charge in [0.25, 0.3) is 0 Å². The maximum absolute atomic E-state index is 14.0. The van der Waals surface area contributed by atoms with E-state index in [4.69, 9.17) is 4.74 Å². The molecular formula is C15H18FNO5. The van der Waals surface area contributed by atoms with Gasteiger partial charge in [-0.2, -0.15) is 0 Å². The van der Waals surface area contributed by atoms with Crippen LogP contribution < -0.4 is 10.1 Å². The summed E-state index contributed by atoms with van der Waals surface area (Å²) < 4.78 is 28.5. The summed E-state index contributed by atoms with van der Waals surface area (Å²) in [6.45, 7) is 3.56. The number of nitrogens with one attached hydrogen (secondary N) is 1. The van der Waals surface area contributed by atoms with Crippen molar-refractivity contribution in [1.29, 1.82) is 0 Å². The first kappa shape index (κ1) is 17.5. The molecule has 0 aliphatic carbocycles. The molecule has 0 fully saturated rings. The predicted octanol–water partition coefficient (Wildman–Crippen LogP) is 2.25. The lowest BCUT2D eigenvalue weighted by molar-refractivity contribution is -0.138. The highest BCUT2D eigenvalue weighted by atomic mass is 19.1. The lowest BCUT2D eigenvalue weighted by atomic mass is 10.2. The third-order valence-electron chi connectivity index (χ3n) is 2.47. The number of hydrogen-bond donors (Lipinski definition) is 1. The summed E-state index contributed by atoms with van der Waals surface area (Å²) in [6.07, 6.45) is 0.672. The molecular weight excluding hydrogens is 293 g/mol. The fourth-order valence-electron chi connectivity index (χ4n) is 1.55. The van der Waals surface area contributed by atoms with Crippen LogP contribution in [0.4, 0.5) is 10.1 Å². The molecule has 0 bridgehead atoms. The summed E-state index contributed by atoms with van der Waals surface area (Å²) in [5.74, 6) is -2.06. The number of carbonyl (C=O) groups excluding carboxylic acids is 2. The van der Waals surface area contributed by atoms with E-state index < -0.39 is 17.8 Å². The molecule has 0 amide bonds. The van der Waals surface area contributed by atoms with E-state index in [1.807, 2.05) is 0 Å². The van der Waals surface area contributed by atoms with Gasteiger partial charge in [-0.25, -0.2) is 14.0 Å². The van der Waals surface area contributed by atoms with Gasteiger partial charge in [0.1, 0.15) is 23.0 Å². The van der Waals surface area contributed by atoms with Gasteiger partial charge < -0.3 is 19.5 Å². The monoisotopic (exact) mass is 311 g/mol. The van der Waals surface area contributed by atoms with Crippen LogP contribution in [0.5, 0.6) is 5.75 Å². The van der Waals surface area contributed by atoms with Gasteiger partial charge in [-0.05, 0) is 26.0 Å². The molecule has 0 aliphatic rings. The number of ether oxygens (including phenoxy) is 3. The van der Waals surface area contributed by atoms with Crippen LogP contribution in [0.15, 0.2) is 30.0 Å². The minimum atomic E-state index is -0.843. The molecule has 1 rings (SSSR count). The maximum atomic E-state index is 14.0. The van der Waals surface area contributed by atoms with Crippen molar-refractivity contribution in [3.63, 3.8) is 0 Å². The van der Waals surface area contributed by atoms with Gasteiger partial charge in [-0.15, -0.1) is 0 Å². The molecule has 0 unspecified atom stereocenters. The summed E-state index contributed by atoms with van der Waals surface area (Å²) in [5.41, 5.74) is -0.343. The molecule has 22 heavy (non-hydrogen) atoms. The average molecular weight is 311 g/mol. The first-order chi connectivity index (χ1) is 10.4. The van der Waals surface area contributed by atoms with Crippen LogP contribution in [0.3, 0.4) is 0 Å². The van der Waals surface area contributed by atoms with E-state index in [2.05, 4.69) is 14.8 Å². The number of para-hydroxylation sites is 1. The Hall–Kier alpha value is -2.57. The summed E-state index contributed by atoms with van der Waals surface area (Å²) in [7, 11) is 2.30. The van der Waals surface area contributed by atoms with Crippen molar-refractivity contribution < 1.29 is 28.2 Å². The highest BCUT2D eigenvalue weighted by Gasteiger charge is 2.18. The van der Waals surface area contributed by atoms with Crippen molar-refractivity contribution in [3.05, 3.63) is 35.8 Å². The summed E-state index contributed by atoms with van der Waals surface area (Å²) >= 11 is 0. The van der Waals surface area contributed by atoms with Crippen LogP contribution in [0.2, 0.25) is 0 Å². The molecule has 0 atom stereocenters. The van der Waals surface area contributed by atoms with Crippen molar-refractivity contribution in [2.24, 2.45) is 0 Å². The average Bonchev–Trinajstić information content (AvgIpc) is 2.48. The normalized spacial score (nSPS) is 11.1. The number of benzene rings is 1. The van der Waals surface area contributed by atoms with Gasteiger partial charge in [-0.3, -0.25) is 0 Å². The van der Waals surface area contributed by atoms with Crippen molar-refractivity contribution in [1.82, 2.24) is 0 Å². The largest absolute Gasteiger partial charge is 0.489 e. The molecule has 6 nitrogen and oxygen atoms in total. The molecule has 7 heteroatoms. The third-order valence-corrected chi connectivity index (χ3v) is 2.47. The molecule has 0 spiro atoms. The Morgan fingerprint density at radius 2 is 1.91 bits per heavy atom. The van der Waals surface area contributed by atoms with E-state index in [1.165, 1.54) is 12.1 Å². The molecule has 1 aromatic rings. The molecule has 0 aromatic heterocycles. The SMILES string of the molecule is COC(=O)/C=C(/Nc1c(F)cccc1OC(C)C)C(=O)OC. The van der Waals surface area contributed by atoms with Crippen LogP contribution in [-0.4, -0.2) is 32.3 Å². The van der Waals surface area contributed by atoms with E-state index in [0.29, 0.717) is 0 Å². The highest BCUT2D eigenvalue weighted by molar-refractivity contribution is 5.99. The minimum absolute atomic E-state index is 0.0725. The molecule has 1 N–H and O–H groups in total. The summed E-state index contributed by atoms with van der Waals surface area (Å²) in [4.78, 5) is 23.0. The Morgan fingerprint density at radius 1 is 1.23 bits per heavy atom. The van der Waals surface area contributed by atoms with Gasteiger partial charge in [0.05, 0.1) is 26.4 Å². The first-order valence-electron chi connectivity index (χ1n) is 6.49. The number of carbonyl (C=O) groups is 2. The lowest BCUT2D eigenvalue weighted by Crippen LogP contribution is -2.17. The maximum Gasteiger partial charge on any atom is 0.354 e. The number of halogens is 1. The summed E-state index contributed by atoms with van der Waals surface area (Å²) in [6, 6.07) is 4.21. The predicted molar refractivity (Wildman–Crippen MR) is 77.9 cm³/mol. The molecule has 1 aromatic carbocycles. The van der Waals surface area contributed by atoms with Gasteiger partial charge in [0.2, 0.25) is 0 Å². The zero-order chi connectivity index (χ0) is 16.7. The molecule has 0 saturated carbocycles. The van der Waals surface area contributed by atoms with E-state index in [0.717, 1.165) is 20.3 Å². The molecule has 0 aliphatic heterocycles. The van der Waals surface area contributed by atoms with Crippen molar-refractivity contribution >= 4 is 17.6 Å². The van der Waals surface area contributed by atoms with E-state index in [-0.39, 0.29) is 23.2 Å². The second-order valence-electron chi connectivity index (χ2n) is 4.48. The minimum Gasteiger partial charge on any atom is -0.489 e. The Morgan fingerprint density at radius 3 is 2.45 bits per heavy atom. The molecule has 0 saturated heterocycles. The lowest BCUT2D eigenvalue weighted by Gasteiger charge is -2.16. The molecule has 120 valence electrons. The highest BCUT2D eigenvalue weighted by Crippen LogP contribution is 2.29. The van der Waals surface area contributed by atoms with E-state index in [1.54, 1.807) is 19.9 Å². The van der Waals surface area contributed by atoms with Gasteiger partial charge in [0, 0.05) is 0 Å². The standard InChI is InChI=1S/C15H18FNO5/c1-9(2)22-12-7-5-6-10(16)14(12)17-11(15(19)21-4)8-13(18)20-3/h5-9,17H,1-4H3/b11-8+. The Kier molecular flexibility index (Phi) is 6.37. The second-order valence-corrected chi connectivity index (χ2v) is 4.48. The van der Waals surface area contributed by atoms with Gasteiger partial charge in [-0.1, -0.05) is 6.07 Å². The fraction of sp³-hybridized carbons (Fsp3) is 0.333.